The second-order valence-electron chi connectivity index (χ2n) is 3.73. The predicted molar refractivity (Wildman–Crippen MR) is 75.2 cm³/mol. The summed E-state index contributed by atoms with van der Waals surface area (Å²) < 4.78 is 0. The lowest BCUT2D eigenvalue weighted by molar-refractivity contribution is -0.139. The van der Waals surface area contributed by atoms with E-state index in [1.54, 1.807) is 0 Å². The van der Waals surface area contributed by atoms with E-state index >= 15 is 0 Å². The van der Waals surface area contributed by atoms with Gasteiger partial charge >= 0.3 is 5.97 Å². The van der Waals surface area contributed by atoms with Crippen LogP contribution in [0.3, 0.4) is 0 Å². The van der Waals surface area contributed by atoms with Gasteiger partial charge in [0.15, 0.2) is 0 Å². The minimum absolute atomic E-state index is 0.178. The second-order valence-corrected chi connectivity index (χ2v) is 4.98. The largest absolute Gasteiger partial charge is 0.480 e. The Kier molecular flexibility index (Phi) is 5.87. The molecule has 0 bridgehead atoms. The van der Waals surface area contributed by atoms with Crippen molar-refractivity contribution in [3.8, 4) is 0 Å². The molecule has 0 saturated carbocycles. The molecule has 1 rings (SSSR count). The predicted octanol–water partition coefficient (Wildman–Crippen LogP) is 2.65. The maximum absolute atomic E-state index is 11.6. The molecule has 1 unspecified atom stereocenters. The Labute approximate surface area is 124 Å². The molecule has 0 aliphatic carbocycles. The molecule has 0 spiro atoms. The summed E-state index contributed by atoms with van der Waals surface area (Å²) >= 11 is 17.5. The van der Waals surface area contributed by atoms with Gasteiger partial charge in [0.1, 0.15) is 6.04 Å². The molecule has 0 saturated heterocycles. The molecular formula is C11H11Cl3N2O3. The fourth-order valence-electron chi connectivity index (χ4n) is 1.18. The third-order valence-corrected chi connectivity index (χ3v) is 3.02. The summed E-state index contributed by atoms with van der Waals surface area (Å²) in [6.45, 7) is 1.25. The number of benzene rings is 1. The van der Waals surface area contributed by atoms with Gasteiger partial charge in [-0.2, -0.15) is 0 Å². The van der Waals surface area contributed by atoms with Crippen molar-refractivity contribution in [1.29, 1.82) is 0 Å². The number of hydrogen-bond acceptors (Lipinski definition) is 3. The van der Waals surface area contributed by atoms with Crippen LogP contribution in [-0.2, 0) is 9.59 Å². The standard InChI is InChI=1S/C11H11Cl3N2O3/c1-5(11(18)19)15-4-9(17)16-10-7(13)2-6(12)3-8(10)14/h2-3,5,15H,4H2,1H3,(H,16,17)(H,18,19). The highest BCUT2D eigenvalue weighted by Crippen LogP contribution is 2.33. The Morgan fingerprint density at radius 1 is 1.26 bits per heavy atom. The lowest BCUT2D eigenvalue weighted by Crippen LogP contribution is -2.39. The van der Waals surface area contributed by atoms with Crippen molar-refractivity contribution < 1.29 is 14.7 Å². The van der Waals surface area contributed by atoms with Crippen LogP contribution in [0.2, 0.25) is 15.1 Å². The fraction of sp³-hybridized carbons (Fsp3) is 0.273. The van der Waals surface area contributed by atoms with E-state index in [0.717, 1.165) is 0 Å². The molecule has 1 amide bonds. The molecule has 1 aromatic rings. The SMILES string of the molecule is CC(NCC(=O)Nc1c(Cl)cc(Cl)cc1Cl)C(=O)O. The molecule has 0 heterocycles. The van der Waals surface area contributed by atoms with Gasteiger partial charge in [0, 0.05) is 5.02 Å². The zero-order valence-corrected chi connectivity index (χ0v) is 12.1. The second kappa shape index (κ2) is 6.96. The van der Waals surface area contributed by atoms with Gasteiger partial charge in [-0.15, -0.1) is 0 Å². The maximum Gasteiger partial charge on any atom is 0.320 e. The number of amides is 1. The number of carboxylic acids is 1. The lowest BCUT2D eigenvalue weighted by atomic mass is 10.3. The van der Waals surface area contributed by atoms with Crippen LogP contribution >= 0.6 is 34.8 Å². The van der Waals surface area contributed by atoms with E-state index in [4.69, 9.17) is 39.9 Å². The van der Waals surface area contributed by atoms with Crippen LogP contribution in [-0.4, -0.2) is 29.6 Å². The van der Waals surface area contributed by atoms with E-state index in [9.17, 15) is 9.59 Å². The van der Waals surface area contributed by atoms with Gasteiger partial charge in [-0.25, -0.2) is 0 Å². The number of rotatable bonds is 5. The molecule has 8 heteroatoms. The Morgan fingerprint density at radius 2 is 1.79 bits per heavy atom. The van der Waals surface area contributed by atoms with Crippen LogP contribution in [0.15, 0.2) is 12.1 Å². The highest BCUT2D eigenvalue weighted by Gasteiger charge is 2.14. The minimum atomic E-state index is -1.05. The molecule has 0 fully saturated rings. The summed E-state index contributed by atoms with van der Waals surface area (Å²) in [6.07, 6.45) is 0. The zero-order valence-electron chi connectivity index (χ0n) is 9.84. The normalized spacial score (nSPS) is 12.0. The third kappa shape index (κ3) is 4.87. The molecule has 19 heavy (non-hydrogen) atoms. The number of carboxylic acid groups (broad SMARTS) is 1. The Balaban J connectivity index is 2.65. The summed E-state index contributed by atoms with van der Waals surface area (Å²) in [6, 6.07) is 2.05. The highest BCUT2D eigenvalue weighted by atomic mass is 35.5. The van der Waals surface area contributed by atoms with E-state index in [0.29, 0.717) is 5.02 Å². The average Bonchev–Trinajstić information content (AvgIpc) is 2.30. The van der Waals surface area contributed by atoms with Gasteiger partial charge in [-0.1, -0.05) is 34.8 Å². The first kappa shape index (κ1) is 16.0. The fourth-order valence-corrected chi connectivity index (χ4v) is 2.09. The van der Waals surface area contributed by atoms with Crippen molar-refractivity contribution in [2.75, 3.05) is 11.9 Å². The molecule has 0 aliphatic rings. The van der Waals surface area contributed by atoms with E-state index in [-0.39, 0.29) is 22.3 Å². The molecule has 0 radical (unpaired) electrons. The lowest BCUT2D eigenvalue weighted by Gasteiger charge is -2.12. The van der Waals surface area contributed by atoms with Gasteiger partial charge in [0.05, 0.1) is 22.3 Å². The average molecular weight is 326 g/mol. The Morgan fingerprint density at radius 3 is 2.26 bits per heavy atom. The summed E-state index contributed by atoms with van der Waals surface area (Å²) in [4.78, 5) is 22.2. The quantitative estimate of drug-likeness (QED) is 0.777. The summed E-state index contributed by atoms with van der Waals surface area (Å²) in [5.41, 5.74) is 0.238. The molecule has 3 N–H and O–H groups in total. The van der Waals surface area contributed by atoms with Gasteiger partial charge in [-0.3, -0.25) is 14.9 Å². The zero-order chi connectivity index (χ0) is 14.6. The first-order valence-electron chi connectivity index (χ1n) is 5.22. The van der Waals surface area contributed by atoms with Crippen LogP contribution in [0, 0.1) is 0 Å². The summed E-state index contributed by atoms with van der Waals surface area (Å²) in [5.74, 6) is -1.51. The monoisotopic (exact) mass is 324 g/mol. The number of carbonyl (C=O) groups is 2. The van der Waals surface area contributed by atoms with Gasteiger partial charge in [0.25, 0.3) is 0 Å². The van der Waals surface area contributed by atoms with Crippen LogP contribution in [0.1, 0.15) is 6.92 Å². The van der Waals surface area contributed by atoms with Crippen molar-refractivity contribution in [3.05, 3.63) is 27.2 Å². The van der Waals surface area contributed by atoms with Crippen LogP contribution < -0.4 is 10.6 Å². The summed E-state index contributed by atoms with van der Waals surface area (Å²) in [5, 5.41) is 14.4. The third-order valence-electron chi connectivity index (χ3n) is 2.21. The first-order valence-corrected chi connectivity index (χ1v) is 6.35. The topological polar surface area (TPSA) is 78.4 Å². The van der Waals surface area contributed by atoms with Crippen molar-refractivity contribution >= 4 is 52.4 Å². The van der Waals surface area contributed by atoms with Crippen molar-refractivity contribution in [3.63, 3.8) is 0 Å². The molecule has 1 aromatic carbocycles. The molecular weight excluding hydrogens is 314 g/mol. The van der Waals surface area contributed by atoms with E-state index < -0.39 is 17.9 Å². The molecule has 5 nitrogen and oxygen atoms in total. The van der Waals surface area contributed by atoms with Crippen molar-refractivity contribution in [1.82, 2.24) is 5.32 Å². The highest BCUT2D eigenvalue weighted by molar-refractivity contribution is 6.42. The maximum atomic E-state index is 11.6. The van der Waals surface area contributed by atoms with Gasteiger partial charge in [0.2, 0.25) is 5.91 Å². The van der Waals surface area contributed by atoms with Gasteiger partial charge in [-0.05, 0) is 19.1 Å². The van der Waals surface area contributed by atoms with Crippen molar-refractivity contribution in [2.45, 2.75) is 13.0 Å². The van der Waals surface area contributed by atoms with Crippen LogP contribution in [0.4, 0.5) is 5.69 Å². The Bertz CT molecular complexity index is 485. The number of nitrogens with one attached hydrogen (secondary N) is 2. The summed E-state index contributed by atoms with van der Waals surface area (Å²) in [7, 11) is 0. The number of halogens is 3. The van der Waals surface area contributed by atoms with E-state index in [2.05, 4.69) is 10.6 Å². The van der Waals surface area contributed by atoms with Crippen LogP contribution in [0.25, 0.3) is 0 Å². The van der Waals surface area contributed by atoms with Crippen molar-refractivity contribution in [2.24, 2.45) is 0 Å². The number of aliphatic carboxylic acids is 1. The minimum Gasteiger partial charge on any atom is -0.480 e. The number of carbonyl (C=O) groups excluding carboxylic acids is 1. The number of hydrogen-bond donors (Lipinski definition) is 3. The molecule has 104 valence electrons. The van der Waals surface area contributed by atoms with Gasteiger partial charge < -0.3 is 10.4 Å². The molecule has 0 aromatic heterocycles. The smallest absolute Gasteiger partial charge is 0.320 e. The number of anilines is 1. The first-order chi connectivity index (χ1) is 8.81. The van der Waals surface area contributed by atoms with Crippen LogP contribution in [0.5, 0.6) is 0 Å². The van der Waals surface area contributed by atoms with E-state index in [1.165, 1.54) is 19.1 Å². The Hall–Kier alpha value is -1.01. The molecule has 1 atom stereocenters. The molecule has 0 aliphatic heterocycles. The van der Waals surface area contributed by atoms with E-state index in [1.807, 2.05) is 0 Å².